The van der Waals surface area contributed by atoms with E-state index in [0.29, 0.717) is 11.3 Å². The summed E-state index contributed by atoms with van der Waals surface area (Å²) in [5.74, 6) is 0.337. The molecule has 0 saturated heterocycles. The second kappa shape index (κ2) is 5.89. The lowest BCUT2D eigenvalue weighted by Gasteiger charge is -2.18. The van der Waals surface area contributed by atoms with Crippen LogP contribution >= 0.6 is 0 Å². The first kappa shape index (κ1) is 15.6. The molecule has 114 valence electrons. The molecule has 0 aliphatic heterocycles. The van der Waals surface area contributed by atoms with Crippen LogP contribution in [0.1, 0.15) is 32.4 Å². The maximum absolute atomic E-state index is 11.7. The number of carbonyl (C=O) groups excluding carboxylic acids is 1. The molecule has 1 aromatic heterocycles. The molecule has 5 nitrogen and oxygen atoms in total. The average Bonchev–Trinajstić information content (AvgIpc) is 2.76. The lowest BCUT2D eigenvalue weighted by atomic mass is 10.2. The molecule has 0 spiro atoms. The highest BCUT2D eigenvalue weighted by atomic mass is 32.2. The fourth-order valence-corrected chi connectivity index (χ4v) is 3.26. The van der Waals surface area contributed by atoms with Crippen molar-refractivity contribution in [2.75, 3.05) is 10.6 Å². The van der Waals surface area contributed by atoms with Crippen LogP contribution in [0.5, 0.6) is 0 Å². The number of carbonyl (C=O) groups is 1. The van der Waals surface area contributed by atoms with Gasteiger partial charge in [-0.25, -0.2) is 12.7 Å². The molecular formula is C15H19NO4S. The van der Waals surface area contributed by atoms with Gasteiger partial charge in [-0.3, -0.25) is 4.79 Å². The fourth-order valence-electron chi connectivity index (χ4n) is 2.29. The molecule has 0 atom stereocenters. The summed E-state index contributed by atoms with van der Waals surface area (Å²) < 4.78 is 30.0. The number of amides is 1. The summed E-state index contributed by atoms with van der Waals surface area (Å²) in [6.45, 7) is 3.34. The predicted molar refractivity (Wildman–Crippen MR) is 82.8 cm³/mol. The number of furan rings is 1. The van der Waals surface area contributed by atoms with Crippen LogP contribution in [0.4, 0.5) is 5.69 Å². The normalized spacial score (nSPS) is 11.8. The molecule has 0 N–H and O–H groups in total. The lowest BCUT2D eigenvalue weighted by molar-refractivity contribution is -0.115. The second-order valence-electron chi connectivity index (χ2n) is 5.08. The third-order valence-corrected chi connectivity index (χ3v) is 4.31. The van der Waals surface area contributed by atoms with Gasteiger partial charge in [0.2, 0.25) is 15.9 Å². The average molecular weight is 309 g/mol. The van der Waals surface area contributed by atoms with E-state index in [4.69, 9.17) is 4.42 Å². The Morgan fingerprint density at radius 2 is 2.00 bits per heavy atom. The molecular weight excluding hydrogens is 290 g/mol. The van der Waals surface area contributed by atoms with E-state index in [1.54, 1.807) is 18.2 Å². The zero-order valence-corrected chi connectivity index (χ0v) is 13.2. The molecule has 0 unspecified atom stereocenters. The second-order valence-corrected chi connectivity index (χ2v) is 6.92. The van der Waals surface area contributed by atoms with E-state index in [-0.39, 0.29) is 0 Å². The summed E-state index contributed by atoms with van der Waals surface area (Å²) in [5, 5.41) is 0.800. The van der Waals surface area contributed by atoms with Crippen LogP contribution in [0.2, 0.25) is 0 Å². The van der Waals surface area contributed by atoms with Crippen molar-refractivity contribution >= 4 is 32.6 Å². The molecule has 0 aliphatic carbocycles. The number of unbranched alkanes of at least 4 members (excludes halogenated alkanes) is 1. The Morgan fingerprint density at radius 3 is 2.57 bits per heavy atom. The van der Waals surface area contributed by atoms with E-state index in [1.165, 1.54) is 6.92 Å². The zero-order chi connectivity index (χ0) is 15.6. The number of aryl methyl sites for hydroxylation is 1. The van der Waals surface area contributed by atoms with Gasteiger partial charge in [0.05, 0.1) is 11.9 Å². The Morgan fingerprint density at radius 1 is 1.29 bits per heavy atom. The fraction of sp³-hybridized carbons (Fsp3) is 0.400. The number of fused-ring (bicyclic) bond motifs is 1. The highest BCUT2D eigenvalue weighted by Crippen LogP contribution is 2.27. The van der Waals surface area contributed by atoms with Gasteiger partial charge in [0, 0.05) is 18.7 Å². The molecule has 2 aromatic rings. The van der Waals surface area contributed by atoms with Crippen molar-refractivity contribution in [3.8, 4) is 0 Å². The van der Waals surface area contributed by atoms with Crippen LogP contribution in [0, 0.1) is 0 Å². The standard InChI is InChI=1S/C15H19NO4S/c1-4-5-6-14-10-12-9-13(7-8-15(12)20-14)16(11(2)17)21(3,18)19/h7-10H,4-6H2,1-3H3. The molecule has 0 saturated carbocycles. The van der Waals surface area contributed by atoms with Crippen LogP contribution in [0.3, 0.4) is 0 Å². The van der Waals surface area contributed by atoms with Crippen LogP contribution in [-0.4, -0.2) is 20.6 Å². The smallest absolute Gasteiger partial charge is 0.238 e. The first-order chi connectivity index (χ1) is 9.82. The highest BCUT2D eigenvalue weighted by molar-refractivity contribution is 7.92. The summed E-state index contributed by atoms with van der Waals surface area (Å²) in [7, 11) is -3.64. The van der Waals surface area contributed by atoms with Crippen molar-refractivity contribution in [2.24, 2.45) is 0 Å². The number of hydrogen-bond donors (Lipinski definition) is 0. The molecule has 1 amide bonds. The van der Waals surface area contributed by atoms with E-state index in [9.17, 15) is 13.2 Å². The van der Waals surface area contributed by atoms with E-state index < -0.39 is 15.9 Å². The van der Waals surface area contributed by atoms with Crippen LogP contribution < -0.4 is 4.31 Å². The van der Waals surface area contributed by atoms with E-state index in [2.05, 4.69) is 6.92 Å². The number of benzene rings is 1. The van der Waals surface area contributed by atoms with Gasteiger partial charge >= 0.3 is 0 Å². The Kier molecular flexibility index (Phi) is 4.37. The number of hydrogen-bond acceptors (Lipinski definition) is 4. The summed E-state index contributed by atoms with van der Waals surface area (Å²) >= 11 is 0. The number of rotatable bonds is 5. The van der Waals surface area contributed by atoms with Crippen LogP contribution in [0.25, 0.3) is 11.0 Å². The first-order valence-corrected chi connectivity index (χ1v) is 8.71. The van der Waals surface area contributed by atoms with Crippen LogP contribution in [0.15, 0.2) is 28.7 Å². The predicted octanol–water partition coefficient (Wildman–Crippen LogP) is 3.09. The van der Waals surface area contributed by atoms with Crippen molar-refractivity contribution in [1.29, 1.82) is 0 Å². The van der Waals surface area contributed by atoms with Gasteiger partial charge < -0.3 is 4.42 Å². The Balaban J connectivity index is 2.44. The molecule has 0 radical (unpaired) electrons. The molecule has 0 aliphatic rings. The molecule has 1 heterocycles. The molecule has 21 heavy (non-hydrogen) atoms. The highest BCUT2D eigenvalue weighted by Gasteiger charge is 2.22. The number of sulfonamides is 1. The van der Waals surface area contributed by atoms with E-state index in [1.807, 2.05) is 6.07 Å². The Hall–Kier alpha value is -1.82. The largest absolute Gasteiger partial charge is 0.461 e. The maximum atomic E-state index is 11.7. The SMILES string of the molecule is CCCCc1cc2cc(N(C(C)=O)S(C)(=O)=O)ccc2o1. The van der Waals surface area contributed by atoms with Crippen molar-refractivity contribution in [3.05, 3.63) is 30.0 Å². The molecule has 0 fully saturated rings. The van der Waals surface area contributed by atoms with E-state index >= 15 is 0 Å². The molecule has 1 aromatic carbocycles. The van der Waals surface area contributed by atoms with Gasteiger partial charge in [0.15, 0.2) is 0 Å². The minimum absolute atomic E-state index is 0.334. The monoisotopic (exact) mass is 309 g/mol. The minimum Gasteiger partial charge on any atom is -0.461 e. The maximum Gasteiger partial charge on any atom is 0.238 e. The molecule has 2 rings (SSSR count). The van der Waals surface area contributed by atoms with Gasteiger partial charge in [-0.2, -0.15) is 0 Å². The van der Waals surface area contributed by atoms with Gasteiger partial charge in [0.1, 0.15) is 11.3 Å². The molecule has 0 bridgehead atoms. The quantitative estimate of drug-likeness (QED) is 0.851. The summed E-state index contributed by atoms with van der Waals surface area (Å²) in [5.41, 5.74) is 1.03. The minimum atomic E-state index is -3.64. The summed E-state index contributed by atoms with van der Waals surface area (Å²) in [4.78, 5) is 11.6. The van der Waals surface area contributed by atoms with Gasteiger partial charge in [-0.15, -0.1) is 0 Å². The molecule has 6 heteroatoms. The van der Waals surface area contributed by atoms with Crippen molar-refractivity contribution in [2.45, 2.75) is 33.1 Å². The number of anilines is 1. The summed E-state index contributed by atoms with van der Waals surface area (Å²) in [6.07, 6.45) is 3.98. The number of nitrogens with zero attached hydrogens (tertiary/aromatic N) is 1. The van der Waals surface area contributed by atoms with Crippen molar-refractivity contribution < 1.29 is 17.6 Å². The van der Waals surface area contributed by atoms with Crippen molar-refractivity contribution in [3.63, 3.8) is 0 Å². The lowest BCUT2D eigenvalue weighted by Crippen LogP contribution is -2.34. The first-order valence-electron chi connectivity index (χ1n) is 6.86. The van der Waals surface area contributed by atoms with Crippen molar-refractivity contribution in [1.82, 2.24) is 0 Å². The van der Waals surface area contributed by atoms with Gasteiger partial charge in [-0.1, -0.05) is 13.3 Å². The van der Waals surface area contributed by atoms with Gasteiger partial charge in [-0.05, 0) is 30.7 Å². The third kappa shape index (κ3) is 3.44. The van der Waals surface area contributed by atoms with E-state index in [0.717, 1.165) is 41.0 Å². The van der Waals surface area contributed by atoms with Gasteiger partial charge in [0.25, 0.3) is 0 Å². The summed E-state index contributed by atoms with van der Waals surface area (Å²) in [6, 6.07) is 6.84. The third-order valence-electron chi connectivity index (χ3n) is 3.18. The zero-order valence-electron chi connectivity index (χ0n) is 12.4. The Labute approximate surface area is 124 Å². The topological polar surface area (TPSA) is 67.6 Å². The Bertz CT molecular complexity index is 761. The van der Waals surface area contributed by atoms with Crippen LogP contribution in [-0.2, 0) is 21.2 Å².